The quantitative estimate of drug-likeness (QED) is 0.692. The highest BCUT2D eigenvalue weighted by Gasteiger charge is 2.17. The van der Waals surface area contributed by atoms with Crippen molar-refractivity contribution in [3.8, 4) is 17.2 Å². The molecule has 0 radical (unpaired) electrons. The summed E-state index contributed by atoms with van der Waals surface area (Å²) in [6.07, 6.45) is 0. The van der Waals surface area contributed by atoms with Crippen LogP contribution in [-0.4, -0.2) is 25.1 Å². The lowest BCUT2D eigenvalue weighted by atomic mass is 10.2. The summed E-state index contributed by atoms with van der Waals surface area (Å²) in [6.45, 7) is 1.72. The van der Waals surface area contributed by atoms with Crippen LogP contribution < -0.4 is 19.5 Å². The van der Waals surface area contributed by atoms with Gasteiger partial charge in [0, 0.05) is 6.07 Å². The van der Waals surface area contributed by atoms with Crippen molar-refractivity contribution in [3.05, 3.63) is 48.0 Å². The highest BCUT2D eigenvalue weighted by molar-refractivity contribution is 5.95. The van der Waals surface area contributed by atoms with Gasteiger partial charge < -0.3 is 19.5 Å². The van der Waals surface area contributed by atoms with Crippen molar-refractivity contribution >= 4 is 17.6 Å². The molecule has 1 heterocycles. The van der Waals surface area contributed by atoms with Gasteiger partial charge in [0.1, 0.15) is 17.2 Å². The van der Waals surface area contributed by atoms with Gasteiger partial charge in [-0.25, -0.2) is 4.79 Å². The molecule has 23 heavy (non-hydrogen) atoms. The van der Waals surface area contributed by atoms with E-state index in [0.29, 0.717) is 22.9 Å². The van der Waals surface area contributed by atoms with Crippen molar-refractivity contribution in [1.82, 2.24) is 0 Å². The fourth-order valence-electron chi connectivity index (χ4n) is 2.06. The van der Waals surface area contributed by atoms with E-state index in [9.17, 15) is 9.59 Å². The Morgan fingerprint density at radius 1 is 1.17 bits per heavy atom. The third-order valence-electron chi connectivity index (χ3n) is 3.20. The van der Waals surface area contributed by atoms with Gasteiger partial charge >= 0.3 is 5.97 Å². The van der Waals surface area contributed by atoms with Gasteiger partial charge in [0.05, 0.1) is 5.69 Å². The van der Waals surface area contributed by atoms with Crippen LogP contribution in [0.3, 0.4) is 0 Å². The van der Waals surface area contributed by atoms with Gasteiger partial charge in [0.2, 0.25) is 0 Å². The lowest BCUT2D eigenvalue weighted by molar-refractivity contribution is -0.136. The summed E-state index contributed by atoms with van der Waals surface area (Å²) in [5.74, 6) is 0.662. The van der Waals surface area contributed by atoms with Gasteiger partial charge in [-0.3, -0.25) is 4.79 Å². The molecule has 0 saturated carbocycles. The largest absolute Gasteiger partial charge is 0.482 e. The van der Waals surface area contributed by atoms with E-state index in [0.717, 1.165) is 5.56 Å². The normalized spacial score (nSPS) is 12.7. The molecule has 1 N–H and O–H groups in total. The summed E-state index contributed by atoms with van der Waals surface area (Å²) < 4.78 is 15.8. The van der Waals surface area contributed by atoms with E-state index in [4.69, 9.17) is 14.2 Å². The lowest BCUT2D eigenvalue weighted by Crippen LogP contribution is -2.25. The molecule has 0 saturated heterocycles. The first kappa shape index (κ1) is 14.9. The molecular formula is C17H15NO5. The second-order valence-corrected chi connectivity index (χ2v) is 5.07. The first-order chi connectivity index (χ1) is 11.1. The zero-order chi connectivity index (χ0) is 16.2. The van der Waals surface area contributed by atoms with Crippen LogP contribution >= 0.6 is 0 Å². The van der Waals surface area contributed by atoms with Gasteiger partial charge in [-0.1, -0.05) is 17.7 Å². The van der Waals surface area contributed by atoms with Crippen LogP contribution in [-0.2, 0) is 9.59 Å². The lowest BCUT2D eigenvalue weighted by Gasteiger charge is -2.18. The van der Waals surface area contributed by atoms with Crippen LogP contribution in [0.1, 0.15) is 5.56 Å². The van der Waals surface area contributed by atoms with Crippen LogP contribution in [0, 0.1) is 6.92 Å². The zero-order valence-corrected chi connectivity index (χ0v) is 12.5. The van der Waals surface area contributed by atoms with Gasteiger partial charge in [0.25, 0.3) is 5.91 Å². The van der Waals surface area contributed by atoms with Crippen LogP contribution in [0.2, 0.25) is 0 Å². The zero-order valence-electron chi connectivity index (χ0n) is 12.5. The number of anilines is 1. The number of nitrogens with one attached hydrogen (secondary N) is 1. The summed E-state index contributed by atoms with van der Waals surface area (Å²) in [5, 5.41) is 2.66. The van der Waals surface area contributed by atoms with Crippen LogP contribution in [0.15, 0.2) is 42.5 Å². The Labute approximate surface area is 133 Å². The predicted molar refractivity (Wildman–Crippen MR) is 82.9 cm³/mol. The molecule has 2 aromatic rings. The monoisotopic (exact) mass is 313 g/mol. The third-order valence-corrected chi connectivity index (χ3v) is 3.20. The average Bonchev–Trinajstić information content (AvgIpc) is 2.54. The second-order valence-electron chi connectivity index (χ2n) is 5.07. The van der Waals surface area contributed by atoms with E-state index in [-0.39, 0.29) is 19.1 Å². The molecule has 0 spiro atoms. The Morgan fingerprint density at radius 2 is 1.91 bits per heavy atom. The summed E-state index contributed by atoms with van der Waals surface area (Å²) in [5.41, 5.74) is 1.66. The van der Waals surface area contributed by atoms with E-state index in [1.165, 1.54) is 0 Å². The fraction of sp³-hybridized carbons (Fsp3) is 0.176. The van der Waals surface area contributed by atoms with Crippen LogP contribution in [0.5, 0.6) is 17.2 Å². The number of carbonyl (C=O) groups excluding carboxylic acids is 2. The number of hydrogen-bond donors (Lipinski definition) is 1. The van der Waals surface area contributed by atoms with E-state index < -0.39 is 5.97 Å². The van der Waals surface area contributed by atoms with Crippen molar-refractivity contribution in [3.63, 3.8) is 0 Å². The molecule has 2 aromatic carbocycles. The predicted octanol–water partition coefficient (Wildman–Crippen LogP) is 2.31. The molecule has 0 aliphatic carbocycles. The standard InChI is InChI=1S/C17H15NO5/c1-11-2-4-12(5-3-11)21-10-17(20)23-13-6-7-14-15(8-13)22-9-16(19)18-14/h2-8H,9-10H2,1H3,(H,18,19). The topological polar surface area (TPSA) is 73.9 Å². The van der Waals surface area contributed by atoms with E-state index in [1.54, 1.807) is 30.3 Å². The number of fused-ring (bicyclic) bond motifs is 1. The van der Waals surface area contributed by atoms with Gasteiger partial charge in [-0.15, -0.1) is 0 Å². The van der Waals surface area contributed by atoms with Gasteiger partial charge in [-0.2, -0.15) is 0 Å². The molecule has 0 aromatic heterocycles. The second kappa shape index (κ2) is 6.39. The molecule has 0 fully saturated rings. The molecule has 1 aliphatic heterocycles. The number of rotatable bonds is 4. The fourth-order valence-corrected chi connectivity index (χ4v) is 2.06. The Hall–Kier alpha value is -3.02. The summed E-state index contributed by atoms with van der Waals surface area (Å²) in [6, 6.07) is 12.1. The number of amides is 1. The minimum Gasteiger partial charge on any atom is -0.482 e. The highest BCUT2D eigenvalue weighted by Crippen LogP contribution is 2.31. The smallest absolute Gasteiger partial charge is 0.349 e. The third kappa shape index (κ3) is 3.79. The van der Waals surface area contributed by atoms with E-state index >= 15 is 0 Å². The average molecular weight is 313 g/mol. The molecule has 6 heteroatoms. The Morgan fingerprint density at radius 3 is 2.70 bits per heavy atom. The summed E-state index contributed by atoms with van der Waals surface area (Å²) in [7, 11) is 0. The first-order valence-electron chi connectivity index (χ1n) is 7.07. The van der Waals surface area contributed by atoms with Crippen molar-refractivity contribution in [2.45, 2.75) is 6.92 Å². The maximum Gasteiger partial charge on any atom is 0.349 e. The molecule has 0 unspecified atom stereocenters. The number of carbonyl (C=O) groups is 2. The van der Waals surface area contributed by atoms with Crippen molar-refractivity contribution in [2.24, 2.45) is 0 Å². The number of hydrogen-bond acceptors (Lipinski definition) is 5. The Kier molecular flexibility index (Phi) is 4.14. The van der Waals surface area contributed by atoms with Crippen LogP contribution in [0.4, 0.5) is 5.69 Å². The Balaban J connectivity index is 1.57. The molecule has 1 amide bonds. The molecule has 1 aliphatic rings. The maximum absolute atomic E-state index is 11.8. The van der Waals surface area contributed by atoms with E-state index in [2.05, 4.69) is 5.32 Å². The Bertz CT molecular complexity index is 739. The number of benzene rings is 2. The van der Waals surface area contributed by atoms with Gasteiger partial charge in [0.15, 0.2) is 13.2 Å². The molecule has 0 bridgehead atoms. The number of aryl methyl sites for hydroxylation is 1. The summed E-state index contributed by atoms with van der Waals surface area (Å²) in [4.78, 5) is 23.0. The minimum atomic E-state index is -0.523. The van der Waals surface area contributed by atoms with E-state index in [1.807, 2.05) is 19.1 Å². The first-order valence-corrected chi connectivity index (χ1v) is 7.07. The molecule has 0 atom stereocenters. The number of esters is 1. The van der Waals surface area contributed by atoms with Crippen molar-refractivity contribution < 1.29 is 23.8 Å². The molecule has 3 rings (SSSR count). The van der Waals surface area contributed by atoms with Crippen molar-refractivity contribution in [1.29, 1.82) is 0 Å². The van der Waals surface area contributed by atoms with Gasteiger partial charge in [-0.05, 0) is 31.2 Å². The maximum atomic E-state index is 11.8. The summed E-state index contributed by atoms with van der Waals surface area (Å²) >= 11 is 0. The molecule has 118 valence electrons. The minimum absolute atomic E-state index is 0.0546. The highest BCUT2D eigenvalue weighted by atomic mass is 16.6. The molecule has 6 nitrogen and oxygen atoms in total. The molecular weight excluding hydrogens is 298 g/mol. The SMILES string of the molecule is Cc1ccc(OCC(=O)Oc2ccc3c(c2)OCC(=O)N3)cc1. The number of ether oxygens (including phenoxy) is 3. The van der Waals surface area contributed by atoms with Crippen LogP contribution in [0.25, 0.3) is 0 Å². The van der Waals surface area contributed by atoms with Crippen molar-refractivity contribution in [2.75, 3.05) is 18.5 Å².